The predicted octanol–water partition coefficient (Wildman–Crippen LogP) is 5.92. The van der Waals surface area contributed by atoms with E-state index in [0.29, 0.717) is 10.6 Å². The molecule has 1 saturated carbocycles. The second kappa shape index (κ2) is 10.1. The molecule has 3 heterocycles. The first-order valence-electron chi connectivity index (χ1n) is 14.4. The monoisotopic (exact) mass is 585 g/mol. The molecular formula is C33H29ClFN3O4. The average molecular weight is 586 g/mol. The number of hydrogen-bond donors (Lipinski definition) is 0. The highest BCUT2D eigenvalue weighted by molar-refractivity contribution is 6.30. The number of hydrogen-bond acceptors (Lipinski definition) is 4. The summed E-state index contributed by atoms with van der Waals surface area (Å²) >= 11 is 6.21. The molecule has 214 valence electrons. The molecule has 0 bridgehead atoms. The molecule has 0 spiro atoms. The molecule has 42 heavy (non-hydrogen) atoms. The van der Waals surface area contributed by atoms with Gasteiger partial charge in [-0.15, -0.1) is 0 Å². The number of amides is 5. The maximum atomic E-state index is 14.8. The van der Waals surface area contributed by atoms with Crippen molar-refractivity contribution in [2.24, 2.45) is 11.8 Å². The zero-order valence-corrected chi connectivity index (χ0v) is 23.5. The molecule has 3 aliphatic heterocycles. The number of nitrogens with zero attached hydrogens (tertiary/aromatic N) is 3. The summed E-state index contributed by atoms with van der Waals surface area (Å²) in [6.45, 7) is 0. The maximum absolute atomic E-state index is 14.8. The largest absolute Gasteiger partial charge is 0.332 e. The second-order valence-electron chi connectivity index (χ2n) is 11.7. The highest BCUT2D eigenvalue weighted by atomic mass is 35.5. The number of imide groups is 2. The number of carbonyl (C=O) groups excluding carboxylic acids is 4. The van der Waals surface area contributed by atoms with Crippen molar-refractivity contribution in [2.75, 3.05) is 4.90 Å². The molecule has 1 aliphatic carbocycles. The van der Waals surface area contributed by atoms with Gasteiger partial charge in [-0.05, 0) is 54.3 Å². The van der Waals surface area contributed by atoms with Crippen LogP contribution in [0, 0.1) is 17.7 Å². The van der Waals surface area contributed by atoms with Crippen LogP contribution < -0.4 is 4.90 Å². The first kappa shape index (κ1) is 26.8. The Labute approximate surface area is 247 Å². The number of anilines is 1. The Hall–Kier alpha value is -4.04. The minimum atomic E-state index is -1.68. The topological polar surface area (TPSA) is 78.0 Å². The quantitative estimate of drug-likeness (QED) is 0.275. The van der Waals surface area contributed by atoms with Crippen molar-refractivity contribution in [1.82, 2.24) is 9.80 Å². The number of likely N-dealkylation sites (tertiary alicyclic amines) is 1. The zero-order chi connectivity index (χ0) is 29.2. The molecule has 0 aromatic heterocycles. The number of urea groups is 1. The number of fused-ring (bicyclic) bond motifs is 3. The highest BCUT2D eigenvalue weighted by Gasteiger charge is 2.77. The van der Waals surface area contributed by atoms with Crippen LogP contribution in [0.2, 0.25) is 5.02 Å². The van der Waals surface area contributed by atoms with Gasteiger partial charge in [0.2, 0.25) is 11.8 Å². The van der Waals surface area contributed by atoms with Crippen LogP contribution in [-0.4, -0.2) is 45.1 Å². The standard InChI is InChI=1S/C33H29ClFN3O4/c34-22-16-14-21(15-17-22)28-26-27(30(40)36(29(26)39)24-11-5-2-6-12-24)33(19-20-8-3-1-4-9-20)31(41)37(32(42)38(28)33)25-13-7-10-23(35)18-25/h1,3-4,7-10,13-18,24,26-28H,2,5-6,11-12,19H2/t26?,27?,28?,33-/m1/s1. The van der Waals surface area contributed by atoms with Crippen LogP contribution in [0.25, 0.3) is 0 Å². The summed E-state index contributed by atoms with van der Waals surface area (Å²) in [5, 5.41) is 0.478. The molecule has 0 N–H and O–H groups in total. The fourth-order valence-electron chi connectivity index (χ4n) is 7.74. The molecule has 4 aliphatic rings. The van der Waals surface area contributed by atoms with Gasteiger partial charge in [0.05, 0.1) is 23.6 Å². The average Bonchev–Trinajstić information content (AvgIpc) is 3.52. The molecule has 3 aromatic rings. The van der Waals surface area contributed by atoms with E-state index in [4.69, 9.17) is 11.6 Å². The zero-order valence-electron chi connectivity index (χ0n) is 22.8. The fourth-order valence-corrected chi connectivity index (χ4v) is 7.87. The van der Waals surface area contributed by atoms with Gasteiger partial charge in [0.1, 0.15) is 11.4 Å². The maximum Gasteiger partial charge on any atom is 0.332 e. The van der Waals surface area contributed by atoms with E-state index in [1.165, 1.54) is 28.0 Å². The van der Waals surface area contributed by atoms with E-state index in [-0.39, 0.29) is 24.1 Å². The molecule has 3 unspecified atom stereocenters. The first-order valence-corrected chi connectivity index (χ1v) is 14.8. The van der Waals surface area contributed by atoms with Gasteiger partial charge in [-0.2, -0.15) is 0 Å². The summed E-state index contributed by atoms with van der Waals surface area (Å²) in [6, 6.07) is 19.6. The van der Waals surface area contributed by atoms with Gasteiger partial charge in [0.25, 0.3) is 5.91 Å². The van der Waals surface area contributed by atoms with Gasteiger partial charge in [-0.3, -0.25) is 19.3 Å². The van der Waals surface area contributed by atoms with Gasteiger partial charge < -0.3 is 4.90 Å². The molecule has 0 radical (unpaired) electrons. The van der Waals surface area contributed by atoms with E-state index in [0.717, 1.165) is 48.6 Å². The van der Waals surface area contributed by atoms with Crippen LogP contribution in [0.1, 0.15) is 49.3 Å². The lowest BCUT2D eigenvalue weighted by Crippen LogP contribution is -2.56. The third-order valence-electron chi connectivity index (χ3n) is 9.45. The van der Waals surface area contributed by atoms with Crippen molar-refractivity contribution >= 4 is 41.0 Å². The Balaban J connectivity index is 1.45. The first-order chi connectivity index (χ1) is 20.3. The number of benzene rings is 3. The molecule has 4 fully saturated rings. The lowest BCUT2D eigenvalue weighted by atomic mass is 9.75. The number of carbonyl (C=O) groups is 4. The van der Waals surface area contributed by atoms with Gasteiger partial charge in [-0.25, -0.2) is 14.1 Å². The van der Waals surface area contributed by atoms with E-state index in [2.05, 4.69) is 0 Å². The normalized spacial score (nSPS) is 27.7. The van der Waals surface area contributed by atoms with E-state index in [1.807, 2.05) is 30.3 Å². The smallest absolute Gasteiger partial charge is 0.300 e. The van der Waals surface area contributed by atoms with Crippen LogP contribution in [0.5, 0.6) is 0 Å². The minimum Gasteiger partial charge on any atom is -0.300 e. The number of halogens is 2. The number of rotatable bonds is 5. The molecule has 7 rings (SSSR count). The van der Waals surface area contributed by atoms with Crippen molar-refractivity contribution in [1.29, 1.82) is 0 Å². The van der Waals surface area contributed by atoms with Crippen molar-refractivity contribution in [2.45, 2.75) is 56.1 Å². The summed E-state index contributed by atoms with van der Waals surface area (Å²) in [5.74, 6) is -4.00. The lowest BCUT2D eigenvalue weighted by molar-refractivity contribution is -0.147. The Bertz CT molecular complexity index is 1590. The second-order valence-corrected chi connectivity index (χ2v) is 12.1. The van der Waals surface area contributed by atoms with Crippen LogP contribution in [0.4, 0.5) is 14.9 Å². The van der Waals surface area contributed by atoms with Crippen LogP contribution in [-0.2, 0) is 20.8 Å². The molecule has 4 atom stereocenters. The van der Waals surface area contributed by atoms with Gasteiger partial charge in [-0.1, -0.05) is 79.4 Å². The van der Waals surface area contributed by atoms with Crippen molar-refractivity contribution in [3.63, 3.8) is 0 Å². The summed E-state index contributed by atoms with van der Waals surface area (Å²) in [4.78, 5) is 61.9. The summed E-state index contributed by atoms with van der Waals surface area (Å²) < 4.78 is 14.4. The van der Waals surface area contributed by atoms with Crippen molar-refractivity contribution < 1.29 is 23.6 Å². The van der Waals surface area contributed by atoms with Crippen molar-refractivity contribution in [3.8, 4) is 0 Å². The summed E-state index contributed by atoms with van der Waals surface area (Å²) in [7, 11) is 0. The van der Waals surface area contributed by atoms with Crippen LogP contribution in [0.3, 0.4) is 0 Å². The van der Waals surface area contributed by atoms with E-state index >= 15 is 0 Å². The van der Waals surface area contributed by atoms with Crippen molar-refractivity contribution in [3.05, 3.63) is 101 Å². The lowest BCUT2D eigenvalue weighted by Gasteiger charge is -2.37. The van der Waals surface area contributed by atoms with Crippen LogP contribution >= 0.6 is 11.6 Å². The van der Waals surface area contributed by atoms with Gasteiger partial charge >= 0.3 is 6.03 Å². The fraction of sp³-hybridized carbons (Fsp3) is 0.333. The van der Waals surface area contributed by atoms with Gasteiger partial charge in [0, 0.05) is 17.5 Å². The molecule has 3 aromatic carbocycles. The molecular weight excluding hydrogens is 557 g/mol. The van der Waals surface area contributed by atoms with Gasteiger partial charge in [0.15, 0.2) is 0 Å². The third kappa shape index (κ3) is 3.84. The third-order valence-corrected chi connectivity index (χ3v) is 9.70. The minimum absolute atomic E-state index is 0.0347. The molecule has 5 amide bonds. The van der Waals surface area contributed by atoms with E-state index in [1.54, 1.807) is 24.3 Å². The molecule has 3 saturated heterocycles. The summed E-state index contributed by atoms with van der Waals surface area (Å²) in [6.07, 6.45) is 4.37. The Morgan fingerprint density at radius 1 is 0.833 bits per heavy atom. The van der Waals surface area contributed by atoms with E-state index in [9.17, 15) is 23.6 Å². The Kier molecular flexibility index (Phi) is 6.42. The summed E-state index contributed by atoms with van der Waals surface area (Å²) in [5.41, 5.74) is -0.246. The highest BCUT2D eigenvalue weighted by Crippen LogP contribution is 2.60. The Morgan fingerprint density at radius 3 is 2.24 bits per heavy atom. The van der Waals surface area contributed by atoms with E-state index < -0.39 is 47.1 Å². The van der Waals surface area contributed by atoms with Crippen LogP contribution in [0.15, 0.2) is 78.9 Å². The SMILES string of the molecule is O=C1C2C(c3ccc(Cl)cc3)N3C(=O)N(c4cccc(F)c4)C(=O)[C@@]3(Cc3ccccc3)C2C(=O)N1C1CCCCC1. The Morgan fingerprint density at radius 2 is 1.55 bits per heavy atom. The predicted molar refractivity (Wildman–Crippen MR) is 154 cm³/mol. The molecule has 9 heteroatoms. The molecule has 7 nitrogen and oxygen atoms in total.